The molecule has 7 heteroatoms. The van der Waals surface area contributed by atoms with Gasteiger partial charge in [0.25, 0.3) is 0 Å². The van der Waals surface area contributed by atoms with Gasteiger partial charge in [0.2, 0.25) is 0 Å². The fourth-order valence-corrected chi connectivity index (χ4v) is 5.20. The molecule has 0 radical (unpaired) electrons. The number of alkyl halides is 3. The van der Waals surface area contributed by atoms with E-state index in [1.54, 1.807) is 0 Å². The highest BCUT2D eigenvalue weighted by Crippen LogP contribution is 2.49. The van der Waals surface area contributed by atoms with Gasteiger partial charge in [-0.25, -0.2) is 13.2 Å². The normalized spacial score (nSPS) is 23.5. The van der Waals surface area contributed by atoms with Crippen LogP contribution in [-0.2, 0) is 6.42 Å². The van der Waals surface area contributed by atoms with Crippen LogP contribution in [0.25, 0.3) is 11.1 Å². The van der Waals surface area contributed by atoms with E-state index >= 15 is 4.39 Å². The Hall–Kier alpha value is -2.44. The summed E-state index contributed by atoms with van der Waals surface area (Å²) in [6.07, 6.45) is 3.22. The lowest BCUT2D eigenvalue weighted by Crippen LogP contribution is -2.28. The lowest BCUT2D eigenvalue weighted by molar-refractivity contribution is -0.275. The van der Waals surface area contributed by atoms with Gasteiger partial charge in [-0.2, -0.15) is 0 Å². The molecule has 0 amide bonds. The summed E-state index contributed by atoms with van der Waals surface area (Å²) < 4.78 is 85.1. The molecule has 0 aliphatic heterocycles. The first-order valence-electron chi connectivity index (χ1n) is 10.4. The zero-order chi connectivity index (χ0) is 22.3. The molecule has 2 aromatic rings. The van der Waals surface area contributed by atoms with E-state index in [0.717, 1.165) is 37.8 Å². The standard InChI is InChI=1S/C24H22F6O/c1-2-3-13-4-7-16-14(10-13)5-8-17-18(16)12-20(26)22(23(17)27)15-6-9-21(19(25)11-15)31-24(28,29)30/h2-3,6,9,11-14,16H,4-5,7-8,10H2,1H3. The second-order valence-corrected chi connectivity index (χ2v) is 8.31. The second kappa shape index (κ2) is 8.24. The number of hydrogen-bond donors (Lipinski definition) is 0. The molecule has 166 valence electrons. The van der Waals surface area contributed by atoms with Crippen molar-refractivity contribution in [2.45, 2.75) is 51.3 Å². The third-order valence-electron chi connectivity index (χ3n) is 6.45. The maximum Gasteiger partial charge on any atom is 0.573 e. The largest absolute Gasteiger partial charge is 0.573 e. The van der Waals surface area contributed by atoms with E-state index in [1.165, 1.54) is 6.07 Å². The molecule has 0 N–H and O–H groups in total. The first-order valence-corrected chi connectivity index (χ1v) is 10.4. The molecule has 1 nitrogen and oxygen atoms in total. The second-order valence-electron chi connectivity index (χ2n) is 8.31. The van der Waals surface area contributed by atoms with E-state index in [2.05, 4.69) is 10.8 Å². The third-order valence-corrected chi connectivity index (χ3v) is 6.45. The number of ether oxygens (including phenoxy) is 1. The van der Waals surface area contributed by atoms with Crippen molar-refractivity contribution < 1.29 is 31.1 Å². The summed E-state index contributed by atoms with van der Waals surface area (Å²) >= 11 is 0. The van der Waals surface area contributed by atoms with Crippen molar-refractivity contribution in [1.82, 2.24) is 0 Å². The molecule has 31 heavy (non-hydrogen) atoms. The van der Waals surface area contributed by atoms with Gasteiger partial charge in [-0.3, -0.25) is 0 Å². The van der Waals surface area contributed by atoms with Crippen LogP contribution in [0.4, 0.5) is 26.3 Å². The van der Waals surface area contributed by atoms with Gasteiger partial charge in [-0.15, -0.1) is 13.2 Å². The van der Waals surface area contributed by atoms with Crippen LogP contribution in [0, 0.1) is 29.3 Å². The molecule has 0 aromatic heterocycles. The van der Waals surface area contributed by atoms with Crippen LogP contribution in [0.1, 0.15) is 49.7 Å². The van der Waals surface area contributed by atoms with Gasteiger partial charge < -0.3 is 4.74 Å². The smallest absolute Gasteiger partial charge is 0.403 e. The summed E-state index contributed by atoms with van der Waals surface area (Å²) in [5.74, 6) is -3.04. The zero-order valence-corrected chi connectivity index (χ0v) is 16.9. The highest BCUT2D eigenvalue weighted by Gasteiger charge is 2.37. The minimum atomic E-state index is -5.06. The van der Waals surface area contributed by atoms with Crippen molar-refractivity contribution >= 4 is 0 Å². The molecule has 0 bridgehead atoms. The molecular formula is C24H22F6O. The maximum absolute atomic E-state index is 15.4. The third kappa shape index (κ3) is 4.32. The highest BCUT2D eigenvalue weighted by molar-refractivity contribution is 5.68. The Morgan fingerprint density at radius 2 is 1.77 bits per heavy atom. The zero-order valence-electron chi connectivity index (χ0n) is 16.9. The lowest BCUT2D eigenvalue weighted by Gasteiger charge is -2.40. The molecule has 1 saturated carbocycles. The minimum Gasteiger partial charge on any atom is -0.403 e. The van der Waals surface area contributed by atoms with E-state index < -0.39 is 35.1 Å². The Bertz CT molecular complexity index is 1010. The molecule has 4 rings (SSSR count). The predicted octanol–water partition coefficient (Wildman–Crippen LogP) is 7.69. The van der Waals surface area contributed by atoms with Gasteiger partial charge in [0.1, 0.15) is 11.6 Å². The van der Waals surface area contributed by atoms with Crippen LogP contribution in [0.5, 0.6) is 5.75 Å². The molecule has 3 atom stereocenters. The topological polar surface area (TPSA) is 9.23 Å². The van der Waals surface area contributed by atoms with Gasteiger partial charge in [0.05, 0.1) is 5.56 Å². The average Bonchev–Trinajstić information content (AvgIpc) is 2.69. The Kier molecular flexibility index (Phi) is 5.79. The summed E-state index contributed by atoms with van der Waals surface area (Å²) in [7, 11) is 0. The Morgan fingerprint density at radius 1 is 1.00 bits per heavy atom. The molecule has 0 heterocycles. The lowest BCUT2D eigenvalue weighted by atomic mass is 9.65. The van der Waals surface area contributed by atoms with Crippen molar-refractivity contribution in [3.05, 3.63) is 65.0 Å². The van der Waals surface area contributed by atoms with Crippen molar-refractivity contribution in [1.29, 1.82) is 0 Å². The monoisotopic (exact) mass is 440 g/mol. The Balaban J connectivity index is 1.68. The number of hydrogen-bond acceptors (Lipinski definition) is 1. The molecule has 2 aliphatic rings. The van der Waals surface area contributed by atoms with Crippen molar-refractivity contribution in [2.75, 3.05) is 0 Å². The van der Waals surface area contributed by atoms with Gasteiger partial charge >= 0.3 is 6.36 Å². The van der Waals surface area contributed by atoms with E-state index in [4.69, 9.17) is 0 Å². The summed E-state index contributed by atoms with van der Waals surface area (Å²) in [6.45, 7) is 1.99. The number of fused-ring (bicyclic) bond motifs is 3. The molecule has 0 spiro atoms. The van der Waals surface area contributed by atoms with Crippen molar-refractivity contribution in [2.24, 2.45) is 11.8 Å². The van der Waals surface area contributed by atoms with Crippen LogP contribution >= 0.6 is 0 Å². The van der Waals surface area contributed by atoms with Crippen LogP contribution in [0.15, 0.2) is 36.4 Å². The summed E-state index contributed by atoms with van der Waals surface area (Å²) in [4.78, 5) is 0. The van der Waals surface area contributed by atoms with E-state index in [-0.39, 0.29) is 11.5 Å². The van der Waals surface area contributed by atoms with Gasteiger partial charge in [-0.05, 0) is 91.7 Å². The molecule has 0 saturated heterocycles. The van der Waals surface area contributed by atoms with Crippen LogP contribution in [-0.4, -0.2) is 6.36 Å². The highest BCUT2D eigenvalue weighted by atomic mass is 19.4. The fraction of sp³-hybridized carbons (Fsp3) is 0.417. The predicted molar refractivity (Wildman–Crippen MR) is 105 cm³/mol. The number of allylic oxidation sites excluding steroid dienone is 2. The van der Waals surface area contributed by atoms with Crippen LogP contribution < -0.4 is 4.74 Å². The molecule has 2 aliphatic carbocycles. The Labute approximate surface area is 176 Å². The fourth-order valence-electron chi connectivity index (χ4n) is 5.20. The maximum atomic E-state index is 15.4. The quantitative estimate of drug-likeness (QED) is 0.351. The van der Waals surface area contributed by atoms with Gasteiger partial charge in [0.15, 0.2) is 11.6 Å². The Morgan fingerprint density at radius 3 is 2.45 bits per heavy atom. The number of benzene rings is 2. The van der Waals surface area contributed by atoms with Gasteiger partial charge in [0, 0.05) is 0 Å². The average molecular weight is 440 g/mol. The van der Waals surface area contributed by atoms with E-state index in [0.29, 0.717) is 35.4 Å². The summed E-state index contributed by atoms with van der Waals surface area (Å²) in [5.41, 5.74) is 0.519. The first-order chi connectivity index (χ1) is 14.7. The minimum absolute atomic E-state index is 0.0857. The van der Waals surface area contributed by atoms with E-state index in [1.807, 2.05) is 13.0 Å². The van der Waals surface area contributed by atoms with Crippen LogP contribution in [0.2, 0.25) is 0 Å². The molecule has 2 aromatic carbocycles. The number of rotatable bonds is 3. The molecular weight excluding hydrogens is 418 g/mol. The summed E-state index contributed by atoms with van der Waals surface area (Å²) in [6, 6.07) is 3.77. The van der Waals surface area contributed by atoms with Crippen molar-refractivity contribution in [3.8, 4) is 16.9 Å². The van der Waals surface area contributed by atoms with E-state index in [9.17, 15) is 22.0 Å². The summed E-state index contributed by atoms with van der Waals surface area (Å²) in [5, 5.41) is 0. The van der Waals surface area contributed by atoms with Crippen molar-refractivity contribution in [3.63, 3.8) is 0 Å². The SMILES string of the molecule is CC=CC1CCC2c3cc(F)c(-c4ccc(OC(F)(F)F)c(F)c4)c(F)c3CCC2C1. The molecule has 3 unspecified atom stereocenters. The van der Waals surface area contributed by atoms with Gasteiger partial charge in [-0.1, -0.05) is 18.2 Å². The first kappa shape index (κ1) is 21.8. The van der Waals surface area contributed by atoms with Crippen LogP contribution in [0.3, 0.4) is 0 Å². The molecule has 1 fully saturated rings. The number of halogens is 6.